The smallest absolute Gasteiger partial charge is 0.416 e. The molecule has 0 atom stereocenters. The number of aromatic hydroxyl groups is 1. The Morgan fingerprint density at radius 1 is 1.00 bits per heavy atom. The predicted molar refractivity (Wildman–Crippen MR) is 108 cm³/mol. The van der Waals surface area contributed by atoms with E-state index in [1.807, 2.05) is 6.07 Å². The van der Waals surface area contributed by atoms with E-state index in [2.05, 4.69) is 0 Å². The SMILES string of the molecule is O=C(O)c1c(O)c(C2(c3ccc(C(F)(F)F)cc3)CC2)nc2c3c(ccc12)CCCC3. The van der Waals surface area contributed by atoms with Crippen LogP contribution in [-0.2, 0) is 24.4 Å². The molecule has 1 heterocycles. The van der Waals surface area contributed by atoms with Crippen LogP contribution in [0.2, 0.25) is 0 Å². The summed E-state index contributed by atoms with van der Waals surface area (Å²) in [5.41, 5.74) is 1.87. The molecule has 2 aliphatic carbocycles. The molecule has 31 heavy (non-hydrogen) atoms. The van der Waals surface area contributed by atoms with Gasteiger partial charge in [-0.2, -0.15) is 13.2 Å². The Morgan fingerprint density at radius 3 is 2.29 bits per heavy atom. The largest absolute Gasteiger partial charge is 0.505 e. The number of nitrogens with zero attached hydrogens (tertiary/aromatic N) is 1. The van der Waals surface area contributed by atoms with E-state index < -0.39 is 28.9 Å². The van der Waals surface area contributed by atoms with Gasteiger partial charge >= 0.3 is 12.1 Å². The number of aryl methyl sites for hydroxylation is 2. The molecule has 2 aliphatic rings. The third-order valence-electron chi connectivity index (χ3n) is 6.64. The van der Waals surface area contributed by atoms with E-state index in [1.165, 1.54) is 12.1 Å². The molecule has 2 aromatic carbocycles. The first-order chi connectivity index (χ1) is 14.7. The van der Waals surface area contributed by atoms with E-state index in [0.717, 1.165) is 48.9 Å². The summed E-state index contributed by atoms with van der Waals surface area (Å²) in [6, 6.07) is 8.47. The molecule has 2 N–H and O–H groups in total. The highest BCUT2D eigenvalue weighted by Gasteiger charge is 2.50. The highest BCUT2D eigenvalue weighted by molar-refractivity contribution is 6.06. The zero-order valence-corrected chi connectivity index (χ0v) is 16.6. The van der Waals surface area contributed by atoms with Gasteiger partial charge in [0.2, 0.25) is 0 Å². The first-order valence-corrected chi connectivity index (χ1v) is 10.3. The fraction of sp³-hybridized carbons (Fsp3) is 0.333. The van der Waals surface area contributed by atoms with Gasteiger partial charge in [0.25, 0.3) is 0 Å². The van der Waals surface area contributed by atoms with Crippen molar-refractivity contribution in [2.24, 2.45) is 0 Å². The second-order valence-electron chi connectivity index (χ2n) is 8.45. The van der Waals surface area contributed by atoms with E-state index in [0.29, 0.717) is 29.3 Å². The third kappa shape index (κ3) is 3.06. The molecule has 1 fully saturated rings. The first-order valence-electron chi connectivity index (χ1n) is 10.3. The van der Waals surface area contributed by atoms with Crippen LogP contribution in [0.15, 0.2) is 36.4 Å². The minimum atomic E-state index is -4.44. The van der Waals surface area contributed by atoms with Gasteiger partial charge in [0, 0.05) is 10.8 Å². The van der Waals surface area contributed by atoms with Crippen LogP contribution in [-0.4, -0.2) is 21.2 Å². The molecule has 4 nitrogen and oxygen atoms in total. The Kier molecular flexibility index (Phi) is 4.29. The number of carboxylic acids is 1. The van der Waals surface area contributed by atoms with Crippen molar-refractivity contribution >= 4 is 16.9 Å². The van der Waals surface area contributed by atoms with Gasteiger partial charge in [-0.05, 0) is 67.3 Å². The Hall–Kier alpha value is -3.09. The molecule has 0 amide bonds. The highest BCUT2D eigenvalue weighted by Crippen LogP contribution is 2.56. The quantitative estimate of drug-likeness (QED) is 0.570. The third-order valence-corrected chi connectivity index (χ3v) is 6.64. The number of hydrogen-bond acceptors (Lipinski definition) is 3. The number of pyridine rings is 1. The zero-order chi connectivity index (χ0) is 22.0. The molecule has 0 radical (unpaired) electrons. The summed E-state index contributed by atoms with van der Waals surface area (Å²) in [6.07, 6.45) is 0.457. The standard InChI is InChI=1S/C24H20F3NO3/c25-24(26,27)15-8-6-14(7-9-15)23(11-12-23)21-20(29)18(22(30)31)17-10-5-13-3-1-2-4-16(13)19(17)28-21/h5-10,29H,1-4,11-12H2,(H,30,31). The van der Waals surface area contributed by atoms with Crippen LogP contribution in [0.1, 0.15) is 64.0 Å². The fourth-order valence-corrected chi connectivity index (χ4v) is 4.86. The summed E-state index contributed by atoms with van der Waals surface area (Å²) in [6.45, 7) is 0. The summed E-state index contributed by atoms with van der Waals surface area (Å²) >= 11 is 0. The van der Waals surface area contributed by atoms with Crippen molar-refractivity contribution in [3.8, 4) is 5.75 Å². The number of carbonyl (C=O) groups is 1. The lowest BCUT2D eigenvalue weighted by Crippen LogP contribution is -2.16. The number of halogens is 3. The van der Waals surface area contributed by atoms with Crippen LogP contribution in [0.3, 0.4) is 0 Å². The van der Waals surface area contributed by atoms with E-state index >= 15 is 0 Å². The van der Waals surface area contributed by atoms with Crippen LogP contribution >= 0.6 is 0 Å². The number of benzene rings is 2. The summed E-state index contributed by atoms with van der Waals surface area (Å²) < 4.78 is 38.9. The maximum Gasteiger partial charge on any atom is 0.416 e. The van der Waals surface area contributed by atoms with Crippen molar-refractivity contribution in [1.29, 1.82) is 0 Å². The summed E-state index contributed by atoms with van der Waals surface area (Å²) in [7, 11) is 0. The minimum absolute atomic E-state index is 0.188. The van der Waals surface area contributed by atoms with E-state index in [-0.39, 0.29) is 11.3 Å². The van der Waals surface area contributed by atoms with Gasteiger partial charge in [-0.3, -0.25) is 0 Å². The fourth-order valence-electron chi connectivity index (χ4n) is 4.86. The van der Waals surface area contributed by atoms with Crippen molar-refractivity contribution in [1.82, 2.24) is 4.98 Å². The summed E-state index contributed by atoms with van der Waals surface area (Å²) in [5.74, 6) is -1.64. The molecule has 1 saturated carbocycles. The first kappa shape index (κ1) is 19.8. The Labute approximate surface area is 176 Å². The van der Waals surface area contributed by atoms with Crippen molar-refractivity contribution in [2.75, 3.05) is 0 Å². The van der Waals surface area contributed by atoms with Gasteiger partial charge in [0.15, 0.2) is 5.75 Å². The number of aromatic carboxylic acids is 1. The predicted octanol–water partition coefficient (Wildman–Crippen LogP) is 5.62. The van der Waals surface area contributed by atoms with Crippen molar-refractivity contribution < 1.29 is 28.2 Å². The number of carboxylic acid groups (broad SMARTS) is 1. The van der Waals surface area contributed by atoms with Crippen LogP contribution in [0.4, 0.5) is 13.2 Å². The molecule has 7 heteroatoms. The van der Waals surface area contributed by atoms with E-state index in [9.17, 15) is 28.2 Å². The van der Waals surface area contributed by atoms with Gasteiger partial charge < -0.3 is 10.2 Å². The van der Waals surface area contributed by atoms with Crippen LogP contribution in [0.5, 0.6) is 5.75 Å². The molecule has 0 aliphatic heterocycles. The minimum Gasteiger partial charge on any atom is -0.505 e. The van der Waals surface area contributed by atoms with Crippen LogP contribution in [0.25, 0.3) is 10.9 Å². The second kappa shape index (κ2) is 6.70. The van der Waals surface area contributed by atoms with Gasteiger partial charge in [0.1, 0.15) is 5.56 Å². The molecule has 0 bridgehead atoms. The topological polar surface area (TPSA) is 70.4 Å². The molecule has 0 unspecified atom stereocenters. The molecule has 1 aromatic heterocycles. The summed E-state index contributed by atoms with van der Waals surface area (Å²) in [4.78, 5) is 16.9. The monoisotopic (exact) mass is 427 g/mol. The van der Waals surface area contributed by atoms with Gasteiger partial charge in [0.05, 0.1) is 16.8 Å². The Morgan fingerprint density at radius 2 is 1.68 bits per heavy atom. The van der Waals surface area contributed by atoms with Crippen LogP contribution < -0.4 is 0 Å². The van der Waals surface area contributed by atoms with E-state index in [4.69, 9.17) is 4.98 Å². The lowest BCUT2D eigenvalue weighted by atomic mass is 9.86. The normalized spacial score (nSPS) is 17.4. The molecule has 0 spiro atoms. The molecule has 3 aromatic rings. The van der Waals surface area contributed by atoms with Crippen molar-refractivity contribution in [3.63, 3.8) is 0 Å². The lowest BCUT2D eigenvalue weighted by Gasteiger charge is -2.23. The second-order valence-corrected chi connectivity index (χ2v) is 8.45. The molecular formula is C24H20F3NO3. The lowest BCUT2D eigenvalue weighted by molar-refractivity contribution is -0.137. The molecule has 5 rings (SSSR count). The molecule has 0 saturated heterocycles. The van der Waals surface area contributed by atoms with Gasteiger partial charge in [-0.1, -0.05) is 24.3 Å². The van der Waals surface area contributed by atoms with Crippen LogP contribution in [0, 0.1) is 0 Å². The Balaban J connectivity index is 1.73. The number of rotatable bonds is 3. The van der Waals surface area contributed by atoms with Crippen molar-refractivity contribution in [3.05, 3.63) is 69.9 Å². The summed E-state index contributed by atoms with van der Waals surface area (Å²) in [5, 5.41) is 21.2. The van der Waals surface area contributed by atoms with Gasteiger partial charge in [-0.15, -0.1) is 0 Å². The maximum absolute atomic E-state index is 13.0. The van der Waals surface area contributed by atoms with E-state index in [1.54, 1.807) is 6.07 Å². The average molecular weight is 427 g/mol. The molecular weight excluding hydrogens is 407 g/mol. The average Bonchev–Trinajstić information content (AvgIpc) is 3.54. The van der Waals surface area contributed by atoms with Crippen molar-refractivity contribution in [2.45, 2.75) is 50.1 Å². The highest BCUT2D eigenvalue weighted by atomic mass is 19.4. The number of aromatic nitrogens is 1. The number of fused-ring (bicyclic) bond motifs is 3. The van der Waals surface area contributed by atoms with Gasteiger partial charge in [-0.25, -0.2) is 9.78 Å². The Bertz CT molecular complexity index is 1210. The number of alkyl halides is 3. The molecule has 160 valence electrons. The maximum atomic E-state index is 13.0. The zero-order valence-electron chi connectivity index (χ0n) is 16.6. The number of hydrogen-bond donors (Lipinski definition) is 2.